The van der Waals surface area contributed by atoms with Gasteiger partial charge in [0.15, 0.2) is 10.1 Å². The number of nitrogens with two attached hydrogens (primary N) is 1. The minimum absolute atomic E-state index is 0.0525. The zero-order chi connectivity index (χ0) is 21.0. The Labute approximate surface area is 181 Å². The summed E-state index contributed by atoms with van der Waals surface area (Å²) in [4.78, 5) is 38.7. The van der Waals surface area contributed by atoms with Crippen molar-refractivity contribution in [2.75, 3.05) is 16.8 Å². The maximum absolute atomic E-state index is 12.6. The van der Waals surface area contributed by atoms with E-state index in [1.165, 1.54) is 15.9 Å². The molecule has 0 atom stereocenters. The number of anilines is 3. The number of ketones is 1. The minimum atomic E-state index is -0.778. The Morgan fingerprint density at radius 1 is 1.38 bits per heavy atom. The van der Waals surface area contributed by atoms with Gasteiger partial charge in [0.2, 0.25) is 5.13 Å². The molecule has 12 heteroatoms. The lowest BCUT2D eigenvalue weighted by Gasteiger charge is -2.10. The van der Waals surface area contributed by atoms with Gasteiger partial charge in [0.25, 0.3) is 5.56 Å². The summed E-state index contributed by atoms with van der Waals surface area (Å²) in [6.07, 6.45) is 0.636. The smallest absolute Gasteiger partial charge is 0.329 e. The molecule has 0 saturated heterocycles. The highest BCUT2D eigenvalue weighted by atomic mass is 79.9. The summed E-state index contributed by atoms with van der Waals surface area (Å²) < 4.78 is 2.69. The van der Waals surface area contributed by atoms with Gasteiger partial charge in [-0.1, -0.05) is 52.0 Å². The fraction of sp³-hybridized carbons (Fsp3) is 0.235. The standard InChI is InChI=1S/C17H17BrN6O3S2/c1-2-6-24-13(19)12(14(26)21-16(24)27)11(25)8-28-17-23-22-15(29-17)20-10-5-3-4-9(18)7-10/h3-5,7H,2,6,8,19H2,1H3,(H,20,22)(H,21,26,27). The van der Waals surface area contributed by atoms with Crippen LogP contribution in [0.4, 0.5) is 16.6 Å². The Morgan fingerprint density at radius 2 is 2.17 bits per heavy atom. The Kier molecular flexibility index (Phi) is 6.87. The van der Waals surface area contributed by atoms with Crippen molar-refractivity contribution >= 4 is 61.4 Å². The number of benzene rings is 1. The van der Waals surface area contributed by atoms with Crippen LogP contribution in [0.3, 0.4) is 0 Å². The van der Waals surface area contributed by atoms with E-state index in [0.29, 0.717) is 22.4 Å². The lowest BCUT2D eigenvalue weighted by molar-refractivity contribution is 0.102. The van der Waals surface area contributed by atoms with Crippen LogP contribution in [0.25, 0.3) is 0 Å². The number of H-pyrrole nitrogens is 1. The number of thioether (sulfide) groups is 1. The van der Waals surface area contributed by atoms with E-state index in [1.54, 1.807) is 0 Å². The van der Waals surface area contributed by atoms with Crippen molar-refractivity contribution in [3.63, 3.8) is 0 Å². The molecule has 0 bridgehead atoms. The van der Waals surface area contributed by atoms with E-state index in [1.807, 2.05) is 31.2 Å². The van der Waals surface area contributed by atoms with Crippen molar-refractivity contribution < 1.29 is 4.79 Å². The van der Waals surface area contributed by atoms with Crippen LogP contribution < -0.4 is 22.3 Å². The first-order valence-electron chi connectivity index (χ1n) is 8.53. The van der Waals surface area contributed by atoms with Crippen LogP contribution in [-0.2, 0) is 6.54 Å². The largest absolute Gasteiger partial charge is 0.384 e. The van der Waals surface area contributed by atoms with E-state index >= 15 is 0 Å². The monoisotopic (exact) mass is 496 g/mol. The molecule has 4 N–H and O–H groups in total. The zero-order valence-corrected chi connectivity index (χ0v) is 18.5. The third-order valence-corrected chi connectivity index (χ3v) is 6.24. The molecule has 2 aromatic heterocycles. The van der Waals surface area contributed by atoms with Crippen LogP contribution in [-0.4, -0.2) is 31.3 Å². The minimum Gasteiger partial charge on any atom is -0.384 e. The number of nitrogens with one attached hydrogen (secondary N) is 2. The van der Waals surface area contributed by atoms with E-state index in [-0.39, 0.29) is 17.1 Å². The van der Waals surface area contributed by atoms with E-state index in [4.69, 9.17) is 5.73 Å². The van der Waals surface area contributed by atoms with Gasteiger partial charge < -0.3 is 11.1 Å². The molecule has 0 aliphatic rings. The second-order valence-corrected chi connectivity index (χ2v) is 9.01. The number of hydrogen-bond acceptors (Lipinski definition) is 9. The Balaban J connectivity index is 1.70. The maximum Gasteiger partial charge on any atom is 0.329 e. The fourth-order valence-electron chi connectivity index (χ4n) is 2.51. The van der Waals surface area contributed by atoms with Gasteiger partial charge >= 0.3 is 5.69 Å². The molecule has 3 rings (SSSR count). The Hall–Kier alpha value is -2.44. The maximum atomic E-state index is 12.6. The van der Waals surface area contributed by atoms with Crippen molar-refractivity contribution in [1.29, 1.82) is 0 Å². The molecule has 9 nitrogen and oxygen atoms in total. The molecule has 0 fully saturated rings. The molecule has 0 spiro atoms. The third-order valence-electron chi connectivity index (χ3n) is 3.77. The quantitative estimate of drug-likeness (QED) is 0.319. The number of nitrogens with zero attached hydrogens (tertiary/aromatic N) is 3. The number of hydrogen-bond donors (Lipinski definition) is 3. The van der Waals surface area contributed by atoms with Crippen molar-refractivity contribution in [3.8, 4) is 0 Å². The Bertz CT molecular complexity index is 1160. The molecule has 1 aromatic carbocycles. The molecule has 152 valence electrons. The first kappa shape index (κ1) is 21.3. The number of Topliss-reactive ketones (excluding diaryl/α,β-unsaturated/α-hetero) is 1. The fourth-order valence-corrected chi connectivity index (χ4v) is 4.55. The van der Waals surface area contributed by atoms with Crippen molar-refractivity contribution in [2.45, 2.75) is 24.2 Å². The molecule has 0 unspecified atom stereocenters. The lowest BCUT2D eigenvalue weighted by atomic mass is 10.2. The van der Waals surface area contributed by atoms with Gasteiger partial charge in [0, 0.05) is 16.7 Å². The summed E-state index contributed by atoms with van der Waals surface area (Å²) in [5.41, 5.74) is 5.16. The summed E-state index contributed by atoms with van der Waals surface area (Å²) in [6.45, 7) is 2.18. The summed E-state index contributed by atoms with van der Waals surface area (Å²) in [5.74, 6) is -0.640. The molecule has 0 aliphatic heterocycles. The molecule has 2 heterocycles. The number of nitrogen functional groups attached to an aromatic ring is 1. The third kappa shape index (κ3) is 5.14. The normalized spacial score (nSPS) is 10.8. The Morgan fingerprint density at radius 3 is 2.90 bits per heavy atom. The topological polar surface area (TPSA) is 136 Å². The van der Waals surface area contributed by atoms with Gasteiger partial charge in [-0.2, -0.15) is 0 Å². The summed E-state index contributed by atoms with van der Waals surface area (Å²) in [6, 6.07) is 7.59. The van der Waals surface area contributed by atoms with Crippen LogP contribution in [0, 0.1) is 0 Å². The highest BCUT2D eigenvalue weighted by Gasteiger charge is 2.20. The predicted molar refractivity (Wildman–Crippen MR) is 118 cm³/mol. The molecule has 0 radical (unpaired) electrons. The van der Waals surface area contributed by atoms with Gasteiger partial charge in [-0.3, -0.25) is 19.1 Å². The van der Waals surface area contributed by atoms with Crippen LogP contribution in [0.2, 0.25) is 0 Å². The molecule has 29 heavy (non-hydrogen) atoms. The van der Waals surface area contributed by atoms with E-state index in [0.717, 1.165) is 21.9 Å². The highest BCUT2D eigenvalue weighted by molar-refractivity contribution is 9.10. The highest BCUT2D eigenvalue weighted by Crippen LogP contribution is 2.29. The van der Waals surface area contributed by atoms with Gasteiger partial charge in [0.05, 0.1) is 5.75 Å². The first-order valence-corrected chi connectivity index (χ1v) is 11.1. The first-order chi connectivity index (χ1) is 13.9. The van der Waals surface area contributed by atoms with Crippen molar-refractivity contribution in [2.24, 2.45) is 0 Å². The van der Waals surface area contributed by atoms with Crippen LogP contribution in [0.15, 0.2) is 42.7 Å². The molecule has 0 aliphatic carbocycles. The van der Waals surface area contributed by atoms with Crippen LogP contribution in [0.1, 0.15) is 23.7 Å². The van der Waals surface area contributed by atoms with Crippen LogP contribution >= 0.6 is 39.0 Å². The summed E-state index contributed by atoms with van der Waals surface area (Å²) >= 11 is 5.83. The SMILES string of the molecule is CCCn1c(N)c(C(=O)CSc2nnc(Nc3cccc(Br)c3)s2)c(=O)[nH]c1=O. The number of aromatic nitrogens is 4. The molecular weight excluding hydrogens is 480 g/mol. The number of aromatic amines is 1. The zero-order valence-electron chi connectivity index (χ0n) is 15.3. The average molecular weight is 497 g/mol. The van der Waals surface area contributed by atoms with E-state index in [9.17, 15) is 14.4 Å². The van der Waals surface area contributed by atoms with Crippen molar-refractivity contribution in [1.82, 2.24) is 19.7 Å². The van der Waals surface area contributed by atoms with Gasteiger partial charge in [0.1, 0.15) is 11.4 Å². The van der Waals surface area contributed by atoms with Crippen LogP contribution in [0.5, 0.6) is 0 Å². The summed E-state index contributed by atoms with van der Waals surface area (Å²) in [5, 5.41) is 11.8. The van der Waals surface area contributed by atoms with Gasteiger partial charge in [-0.25, -0.2) is 4.79 Å². The molecular formula is C17H17BrN6O3S2. The van der Waals surface area contributed by atoms with E-state index in [2.05, 4.69) is 36.4 Å². The van der Waals surface area contributed by atoms with E-state index < -0.39 is 17.0 Å². The second kappa shape index (κ2) is 9.37. The number of rotatable bonds is 8. The van der Waals surface area contributed by atoms with Crippen molar-refractivity contribution in [3.05, 3.63) is 55.1 Å². The average Bonchev–Trinajstić information content (AvgIpc) is 3.10. The molecule has 3 aromatic rings. The molecule has 0 amide bonds. The number of carbonyl (C=O) groups is 1. The summed E-state index contributed by atoms with van der Waals surface area (Å²) in [7, 11) is 0. The molecule has 0 saturated carbocycles. The van der Waals surface area contributed by atoms with Gasteiger partial charge in [-0.05, 0) is 24.6 Å². The lowest BCUT2D eigenvalue weighted by Crippen LogP contribution is -2.36. The number of carbonyl (C=O) groups excluding carboxylic acids is 1. The van der Waals surface area contributed by atoms with Gasteiger partial charge in [-0.15, -0.1) is 10.2 Å². The number of halogens is 1. The second-order valence-electron chi connectivity index (χ2n) is 5.89. The predicted octanol–water partition coefficient (Wildman–Crippen LogP) is 2.86.